The van der Waals surface area contributed by atoms with Crippen molar-refractivity contribution in [2.24, 2.45) is 5.92 Å². The lowest BCUT2D eigenvalue weighted by molar-refractivity contribution is 0.438. The molecule has 7 heteroatoms. The summed E-state index contributed by atoms with van der Waals surface area (Å²) in [5.41, 5.74) is 0. The number of rotatable bonds is 4. The van der Waals surface area contributed by atoms with Crippen LogP contribution in [0.4, 0.5) is 10.3 Å². The minimum atomic E-state index is 0.844. The molecule has 0 bridgehead atoms. The zero-order valence-electron chi connectivity index (χ0n) is 11.8. The summed E-state index contributed by atoms with van der Waals surface area (Å²) < 4.78 is 0. The molecule has 20 heavy (non-hydrogen) atoms. The second kappa shape index (κ2) is 6.05. The van der Waals surface area contributed by atoms with Gasteiger partial charge in [-0.25, -0.2) is 4.98 Å². The summed E-state index contributed by atoms with van der Waals surface area (Å²) in [5, 5.41) is 14.5. The van der Waals surface area contributed by atoms with Crippen molar-refractivity contribution in [2.45, 2.75) is 26.7 Å². The summed E-state index contributed by atoms with van der Waals surface area (Å²) in [6.45, 7) is 7.49. The highest BCUT2D eigenvalue weighted by Gasteiger charge is 2.19. The van der Waals surface area contributed by atoms with Gasteiger partial charge in [-0.1, -0.05) is 29.6 Å². The first-order chi connectivity index (χ1) is 9.76. The van der Waals surface area contributed by atoms with E-state index in [-0.39, 0.29) is 0 Å². The van der Waals surface area contributed by atoms with Crippen molar-refractivity contribution >= 4 is 32.9 Å². The molecule has 1 aliphatic heterocycles. The Labute approximate surface area is 127 Å². The van der Waals surface area contributed by atoms with Gasteiger partial charge in [-0.3, -0.25) is 0 Å². The number of nitrogens with one attached hydrogen (secondary N) is 1. The number of hydrogen-bond donors (Lipinski definition) is 1. The van der Waals surface area contributed by atoms with Crippen molar-refractivity contribution in [2.75, 3.05) is 29.9 Å². The lowest BCUT2D eigenvalue weighted by Gasteiger charge is -2.29. The SMILES string of the molecule is CCNc1nnc(-c2cnc(N3CCC(C)CC3)s2)s1. The summed E-state index contributed by atoms with van der Waals surface area (Å²) in [6, 6.07) is 0. The smallest absolute Gasteiger partial charge is 0.206 e. The van der Waals surface area contributed by atoms with E-state index >= 15 is 0 Å². The molecule has 5 nitrogen and oxygen atoms in total. The Morgan fingerprint density at radius 2 is 2.10 bits per heavy atom. The molecule has 1 fully saturated rings. The maximum Gasteiger partial charge on any atom is 0.206 e. The highest BCUT2D eigenvalue weighted by molar-refractivity contribution is 7.25. The third-order valence-electron chi connectivity index (χ3n) is 3.51. The monoisotopic (exact) mass is 309 g/mol. The Balaban J connectivity index is 1.72. The molecule has 1 saturated heterocycles. The molecule has 0 unspecified atom stereocenters. The molecule has 3 rings (SSSR count). The zero-order chi connectivity index (χ0) is 13.9. The van der Waals surface area contributed by atoms with Crippen molar-refractivity contribution in [3.8, 4) is 9.88 Å². The van der Waals surface area contributed by atoms with Crippen molar-refractivity contribution < 1.29 is 0 Å². The quantitative estimate of drug-likeness (QED) is 0.939. The molecule has 1 N–H and O–H groups in total. The fourth-order valence-corrected chi connectivity index (χ4v) is 4.07. The Morgan fingerprint density at radius 3 is 2.85 bits per heavy atom. The second-order valence-corrected chi connectivity index (χ2v) is 7.11. The van der Waals surface area contributed by atoms with Crippen LogP contribution in [0.15, 0.2) is 6.20 Å². The third kappa shape index (κ3) is 2.93. The van der Waals surface area contributed by atoms with Gasteiger partial charge in [-0.2, -0.15) is 0 Å². The molecule has 0 amide bonds. The standard InChI is InChI=1S/C13H19N5S2/c1-3-14-12-17-16-11(20-12)10-8-15-13(19-10)18-6-4-9(2)5-7-18/h8-9H,3-7H2,1-2H3,(H,14,17). The molecular weight excluding hydrogens is 290 g/mol. The number of anilines is 2. The predicted molar refractivity (Wildman–Crippen MR) is 85.8 cm³/mol. The lowest BCUT2D eigenvalue weighted by atomic mass is 10.00. The van der Waals surface area contributed by atoms with Crippen LogP contribution in [0.1, 0.15) is 26.7 Å². The molecule has 0 aliphatic carbocycles. The van der Waals surface area contributed by atoms with E-state index in [9.17, 15) is 0 Å². The van der Waals surface area contributed by atoms with E-state index in [2.05, 4.69) is 39.2 Å². The van der Waals surface area contributed by atoms with Crippen molar-refractivity contribution in [1.29, 1.82) is 0 Å². The van der Waals surface area contributed by atoms with Crippen LogP contribution in [0.2, 0.25) is 0 Å². The lowest BCUT2D eigenvalue weighted by Crippen LogP contribution is -2.32. The average molecular weight is 309 g/mol. The van der Waals surface area contributed by atoms with Crippen LogP contribution in [-0.4, -0.2) is 34.8 Å². The first-order valence-corrected chi connectivity index (χ1v) is 8.68. The molecule has 0 atom stereocenters. The molecule has 0 saturated carbocycles. The minimum absolute atomic E-state index is 0.844. The van der Waals surface area contributed by atoms with E-state index in [0.29, 0.717) is 0 Å². The van der Waals surface area contributed by atoms with Crippen LogP contribution in [0.5, 0.6) is 0 Å². The first kappa shape index (κ1) is 13.8. The maximum absolute atomic E-state index is 4.56. The van der Waals surface area contributed by atoms with E-state index in [1.807, 2.05) is 6.20 Å². The van der Waals surface area contributed by atoms with Gasteiger partial charge in [0, 0.05) is 19.6 Å². The molecule has 2 aromatic heterocycles. The fourth-order valence-electron chi connectivity index (χ4n) is 2.26. The van der Waals surface area contributed by atoms with Gasteiger partial charge in [0.15, 0.2) is 10.1 Å². The van der Waals surface area contributed by atoms with Crippen LogP contribution in [0, 0.1) is 5.92 Å². The van der Waals surface area contributed by atoms with Crippen LogP contribution >= 0.6 is 22.7 Å². The molecule has 0 aromatic carbocycles. The number of aromatic nitrogens is 3. The van der Waals surface area contributed by atoms with E-state index in [0.717, 1.165) is 45.7 Å². The van der Waals surface area contributed by atoms with Gasteiger partial charge in [-0.15, -0.1) is 10.2 Å². The van der Waals surface area contributed by atoms with Gasteiger partial charge in [0.2, 0.25) is 5.13 Å². The Kier molecular flexibility index (Phi) is 4.16. The van der Waals surface area contributed by atoms with Crippen molar-refractivity contribution in [1.82, 2.24) is 15.2 Å². The summed E-state index contributed by atoms with van der Waals surface area (Å²) in [7, 11) is 0. The van der Waals surface area contributed by atoms with Crippen molar-refractivity contribution in [3.05, 3.63) is 6.20 Å². The highest BCUT2D eigenvalue weighted by atomic mass is 32.1. The summed E-state index contributed by atoms with van der Waals surface area (Å²) in [5.74, 6) is 0.844. The van der Waals surface area contributed by atoms with Gasteiger partial charge in [0.25, 0.3) is 0 Å². The molecule has 1 aliphatic rings. The minimum Gasteiger partial charge on any atom is -0.360 e. The molecule has 2 aromatic rings. The van der Waals surface area contributed by atoms with Gasteiger partial charge < -0.3 is 10.2 Å². The Morgan fingerprint density at radius 1 is 1.30 bits per heavy atom. The number of thiazole rings is 1. The maximum atomic E-state index is 4.56. The van der Waals surface area contributed by atoms with E-state index in [1.165, 1.54) is 12.8 Å². The summed E-state index contributed by atoms with van der Waals surface area (Å²) in [4.78, 5) is 8.06. The third-order valence-corrected chi connectivity index (χ3v) is 5.62. The largest absolute Gasteiger partial charge is 0.360 e. The number of nitrogens with zero attached hydrogens (tertiary/aromatic N) is 4. The van der Waals surface area contributed by atoms with Crippen LogP contribution < -0.4 is 10.2 Å². The second-order valence-electron chi connectivity index (χ2n) is 5.12. The Hall–Kier alpha value is -1.21. The molecule has 0 radical (unpaired) electrons. The number of piperidine rings is 1. The van der Waals surface area contributed by atoms with Gasteiger partial charge in [0.1, 0.15) is 0 Å². The predicted octanol–water partition coefficient (Wildman–Crippen LogP) is 3.33. The van der Waals surface area contributed by atoms with Crippen LogP contribution in [-0.2, 0) is 0 Å². The molecule has 108 valence electrons. The first-order valence-electron chi connectivity index (χ1n) is 7.04. The molecular formula is C13H19N5S2. The van der Waals surface area contributed by atoms with Crippen LogP contribution in [0.3, 0.4) is 0 Å². The fraction of sp³-hybridized carbons (Fsp3) is 0.615. The number of hydrogen-bond acceptors (Lipinski definition) is 7. The van der Waals surface area contributed by atoms with E-state index < -0.39 is 0 Å². The van der Waals surface area contributed by atoms with Gasteiger partial charge in [-0.05, 0) is 25.7 Å². The summed E-state index contributed by atoms with van der Waals surface area (Å²) in [6.07, 6.45) is 4.45. The molecule has 3 heterocycles. The van der Waals surface area contributed by atoms with Crippen LogP contribution in [0.25, 0.3) is 9.88 Å². The van der Waals surface area contributed by atoms with E-state index in [4.69, 9.17) is 0 Å². The zero-order valence-corrected chi connectivity index (χ0v) is 13.4. The molecule has 0 spiro atoms. The Bertz CT molecular complexity index is 557. The van der Waals surface area contributed by atoms with E-state index in [1.54, 1.807) is 22.7 Å². The highest BCUT2D eigenvalue weighted by Crippen LogP contribution is 2.35. The van der Waals surface area contributed by atoms with Gasteiger partial charge >= 0.3 is 0 Å². The summed E-state index contributed by atoms with van der Waals surface area (Å²) >= 11 is 3.31. The van der Waals surface area contributed by atoms with Gasteiger partial charge in [0.05, 0.1) is 11.1 Å². The average Bonchev–Trinajstić information content (AvgIpc) is 3.08. The topological polar surface area (TPSA) is 53.9 Å². The normalized spacial score (nSPS) is 16.6. The van der Waals surface area contributed by atoms with Crippen molar-refractivity contribution in [3.63, 3.8) is 0 Å².